The Morgan fingerprint density at radius 1 is 1.08 bits per heavy atom. The highest BCUT2D eigenvalue weighted by atomic mass is 32.2. The monoisotopic (exact) mass is 504 g/mol. The molecule has 1 fully saturated rings. The van der Waals surface area contributed by atoms with Crippen LogP contribution >= 0.6 is 0 Å². The van der Waals surface area contributed by atoms with Crippen LogP contribution in [-0.4, -0.2) is 38.4 Å². The number of aryl methyl sites for hydroxylation is 1. The molecule has 36 heavy (non-hydrogen) atoms. The molecule has 184 valence electrons. The van der Waals surface area contributed by atoms with Crippen LogP contribution in [0.2, 0.25) is 0 Å². The molecule has 0 spiro atoms. The number of aromatic nitrogens is 1. The van der Waals surface area contributed by atoms with Gasteiger partial charge in [-0.3, -0.25) is 9.52 Å². The third-order valence-electron chi connectivity index (χ3n) is 5.75. The predicted octanol–water partition coefficient (Wildman–Crippen LogP) is 2.70. The summed E-state index contributed by atoms with van der Waals surface area (Å²) >= 11 is 0. The van der Waals surface area contributed by atoms with E-state index in [0.29, 0.717) is 17.1 Å². The van der Waals surface area contributed by atoms with Crippen LogP contribution in [0.5, 0.6) is 0 Å². The van der Waals surface area contributed by atoms with Crippen LogP contribution in [-0.2, 0) is 31.9 Å². The molecule has 0 aliphatic carbocycles. The van der Waals surface area contributed by atoms with Crippen LogP contribution in [0.4, 0.5) is 5.82 Å². The molecule has 0 radical (unpaired) electrons. The number of carbonyl (C=O) groups is 2. The molecular formula is C26H24N4O5S. The van der Waals surface area contributed by atoms with Crippen molar-refractivity contribution in [1.29, 1.82) is 5.26 Å². The second kappa shape index (κ2) is 10.6. The van der Waals surface area contributed by atoms with Gasteiger partial charge in [0.1, 0.15) is 18.5 Å². The van der Waals surface area contributed by atoms with Crippen molar-refractivity contribution in [1.82, 2.24) is 9.71 Å². The number of hydrogen-bond acceptors (Lipinski definition) is 8. The number of benzene rings is 2. The van der Waals surface area contributed by atoms with Gasteiger partial charge in [-0.25, -0.2) is 18.2 Å². The van der Waals surface area contributed by atoms with Crippen LogP contribution in [0, 0.1) is 24.2 Å². The number of nitrogens with one attached hydrogen (secondary N) is 1. The Balaban J connectivity index is 1.38. The standard InChI is InChI=1S/C26H24N4O5S/c1-18-23(26(32)35-16-19-8-4-2-5-9-19)12-21(13-27)24(28-18)30-14-22(15-30)25(31)29-36(33,34)17-20-10-6-3-7-11-20/h2-12,22H,14-17H2,1H3,(H,29,31). The zero-order chi connectivity index (χ0) is 25.7. The minimum Gasteiger partial charge on any atom is -0.457 e. The van der Waals surface area contributed by atoms with Crippen molar-refractivity contribution in [3.05, 3.63) is 94.7 Å². The zero-order valence-electron chi connectivity index (χ0n) is 19.5. The minimum atomic E-state index is -3.83. The van der Waals surface area contributed by atoms with Gasteiger partial charge in [-0.15, -0.1) is 0 Å². The van der Waals surface area contributed by atoms with Crippen LogP contribution in [0.1, 0.15) is 32.7 Å². The van der Waals surface area contributed by atoms with Crippen molar-refractivity contribution in [2.24, 2.45) is 5.92 Å². The molecule has 3 aromatic rings. The highest BCUT2D eigenvalue weighted by molar-refractivity contribution is 7.89. The average Bonchev–Trinajstić information content (AvgIpc) is 2.82. The van der Waals surface area contributed by atoms with Gasteiger partial charge in [0.2, 0.25) is 15.9 Å². The number of ether oxygens (including phenoxy) is 1. The Labute approximate surface area is 209 Å². The Morgan fingerprint density at radius 2 is 1.69 bits per heavy atom. The molecule has 0 bridgehead atoms. The van der Waals surface area contributed by atoms with Gasteiger partial charge >= 0.3 is 5.97 Å². The summed E-state index contributed by atoms with van der Waals surface area (Å²) < 4.78 is 32.2. The first kappa shape index (κ1) is 24.9. The molecule has 4 rings (SSSR count). The van der Waals surface area contributed by atoms with Crippen LogP contribution in [0.25, 0.3) is 0 Å². The number of hydrogen-bond donors (Lipinski definition) is 1. The molecule has 9 nitrogen and oxygen atoms in total. The third-order valence-corrected chi connectivity index (χ3v) is 6.98. The first-order valence-corrected chi connectivity index (χ1v) is 12.9. The third kappa shape index (κ3) is 5.87. The molecule has 2 aromatic carbocycles. The quantitative estimate of drug-likeness (QED) is 0.464. The fourth-order valence-electron chi connectivity index (χ4n) is 3.81. The molecular weight excluding hydrogens is 480 g/mol. The summed E-state index contributed by atoms with van der Waals surface area (Å²) in [4.78, 5) is 31.2. The molecule has 1 aliphatic rings. The van der Waals surface area contributed by atoms with Gasteiger partial charge in [0.15, 0.2) is 0 Å². The largest absolute Gasteiger partial charge is 0.457 e. The van der Waals surface area contributed by atoms with Gasteiger partial charge in [-0.2, -0.15) is 5.26 Å². The first-order valence-electron chi connectivity index (χ1n) is 11.2. The molecule has 1 aliphatic heterocycles. The lowest BCUT2D eigenvalue weighted by molar-refractivity contribution is -0.123. The van der Waals surface area contributed by atoms with Crippen LogP contribution < -0.4 is 9.62 Å². The van der Waals surface area contributed by atoms with Gasteiger partial charge in [-0.05, 0) is 24.1 Å². The maximum absolute atomic E-state index is 12.6. The summed E-state index contributed by atoms with van der Waals surface area (Å²) in [6.45, 7) is 2.14. The molecule has 1 saturated heterocycles. The average molecular weight is 505 g/mol. The van der Waals surface area contributed by atoms with Gasteiger partial charge in [0.25, 0.3) is 0 Å². The molecule has 10 heteroatoms. The van der Waals surface area contributed by atoms with E-state index in [1.165, 1.54) is 6.07 Å². The van der Waals surface area contributed by atoms with Gasteiger partial charge < -0.3 is 9.64 Å². The number of carbonyl (C=O) groups excluding carboxylic acids is 2. The van der Waals surface area contributed by atoms with Crippen molar-refractivity contribution in [2.45, 2.75) is 19.3 Å². The maximum atomic E-state index is 12.6. The van der Waals surface area contributed by atoms with Crippen LogP contribution in [0.3, 0.4) is 0 Å². The van der Waals surface area contributed by atoms with Crippen molar-refractivity contribution < 1.29 is 22.7 Å². The summed E-state index contributed by atoms with van der Waals surface area (Å²) in [5, 5.41) is 9.63. The topological polar surface area (TPSA) is 129 Å². The number of nitriles is 1. The second-order valence-corrected chi connectivity index (χ2v) is 10.2. The molecule has 1 N–H and O–H groups in total. The number of rotatable bonds is 8. The smallest absolute Gasteiger partial charge is 0.340 e. The van der Waals surface area contributed by atoms with Crippen molar-refractivity contribution in [3.63, 3.8) is 0 Å². The van der Waals surface area contributed by atoms with E-state index < -0.39 is 27.8 Å². The zero-order valence-corrected chi connectivity index (χ0v) is 20.4. The summed E-state index contributed by atoms with van der Waals surface area (Å²) in [5.41, 5.74) is 2.16. The fraction of sp³-hybridized carbons (Fsp3) is 0.231. The van der Waals surface area contributed by atoms with E-state index in [-0.39, 0.29) is 36.6 Å². The number of anilines is 1. The van der Waals surface area contributed by atoms with Gasteiger partial charge in [0.05, 0.1) is 28.5 Å². The van der Waals surface area contributed by atoms with Crippen molar-refractivity contribution in [2.75, 3.05) is 18.0 Å². The second-order valence-electron chi connectivity index (χ2n) is 8.48. The number of esters is 1. The van der Waals surface area contributed by atoms with E-state index in [1.54, 1.807) is 42.2 Å². The van der Waals surface area contributed by atoms with Crippen LogP contribution in [0.15, 0.2) is 66.7 Å². The normalized spacial score (nSPS) is 13.4. The SMILES string of the molecule is Cc1nc(N2CC(C(=O)NS(=O)(=O)Cc3ccccc3)C2)c(C#N)cc1C(=O)OCc1ccccc1. The Kier molecular flexibility index (Phi) is 7.31. The van der Waals surface area contributed by atoms with Gasteiger partial charge in [-0.1, -0.05) is 60.7 Å². The maximum Gasteiger partial charge on any atom is 0.340 e. The lowest BCUT2D eigenvalue weighted by Crippen LogP contribution is -2.55. The molecule has 0 saturated carbocycles. The first-order chi connectivity index (χ1) is 17.3. The van der Waals surface area contributed by atoms with Gasteiger partial charge in [0, 0.05) is 13.1 Å². The summed E-state index contributed by atoms with van der Waals surface area (Å²) in [6, 6.07) is 21.3. The lowest BCUT2D eigenvalue weighted by atomic mass is 9.98. The number of nitrogens with zero attached hydrogens (tertiary/aromatic N) is 3. The summed E-state index contributed by atoms with van der Waals surface area (Å²) in [6.07, 6.45) is 0. The Hall–Kier alpha value is -4.23. The lowest BCUT2D eigenvalue weighted by Gasteiger charge is -2.39. The van der Waals surface area contributed by atoms with E-state index in [2.05, 4.69) is 9.71 Å². The van der Waals surface area contributed by atoms with E-state index in [1.807, 2.05) is 36.4 Å². The number of amides is 1. The highest BCUT2D eigenvalue weighted by Gasteiger charge is 2.36. The molecule has 0 atom stereocenters. The summed E-state index contributed by atoms with van der Waals surface area (Å²) in [7, 11) is -3.83. The van der Waals surface area contributed by atoms with E-state index in [0.717, 1.165) is 5.56 Å². The highest BCUT2D eigenvalue weighted by Crippen LogP contribution is 2.28. The molecule has 1 amide bonds. The van der Waals surface area contributed by atoms with E-state index in [9.17, 15) is 23.3 Å². The number of pyridine rings is 1. The molecule has 1 aromatic heterocycles. The predicted molar refractivity (Wildman–Crippen MR) is 132 cm³/mol. The Morgan fingerprint density at radius 3 is 2.31 bits per heavy atom. The molecule has 2 heterocycles. The summed E-state index contributed by atoms with van der Waals surface area (Å²) in [5.74, 6) is -1.71. The Bertz CT molecular complexity index is 1410. The van der Waals surface area contributed by atoms with E-state index >= 15 is 0 Å². The van der Waals surface area contributed by atoms with Crippen molar-refractivity contribution in [3.8, 4) is 6.07 Å². The number of sulfonamides is 1. The van der Waals surface area contributed by atoms with Crippen molar-refractivity contribution >= 4 is 27.7 Å². The molecule has 0 unspecified atom stereocenters. The van der Waals surface area contributed by atoms with E-state index in [4.69, 9.17) is 4.74 Å². The fourth-order valence-corrected chi connectivity index (χ4v) is 4.98. The minimum absolute atomic E-state index is 0.0961.